The Labute approximate surface area is 103 Å². The minimum absolute atomic E-state index is 0.103. The summed E-state index contributed by atoms with van der Waals surface area (Å²) in [5, 5.41) is 2.82. The molecule has 90 valence electrons. The van der Waals surface area contributed by atoms with Crippen molar-refractivity contribution in [3.63, 3.8) is 0 Å². The van der Waals surface area contributed by atoms with Crippen molar-refractivity contribution in [3.8, 4) is 0 Å². The molecule has 1 unspecified atom stereocenters. The summed E-state index contributed by atoms with van der Waals surface area (Å²) < 4.78 is 10.0. The Kier molecular flexibility index (Phi) is 5.55. The first-order valence-electron chi connectivity index (χ1n) is 5.10. The summed E-state index contributed by atoms with van der Waals surface area (Å²) in [6, 6.07) is 1.72. The number of hydrogen-bond acceptors (Lipinski definition) is 3. The predicted molar refractivity (Wildman–Crippen MR) is 65.0 cm³/mol. The van der Waals surface area contributed by atoms with Crippen LogP contribution in [0.2, 0.25) is 0 Å². The van der Waals surface area contributed by atoms with E-state index in [0.717, 1.165) is 12.2 Å². The Morgan fingerprint density at radius 2 is 2.44 bits per heavy atom. The zero-order valence-electron chi connectivity index (χ0n) is 9.46. The summed E-state index contributed by atoms with van der Waals surface area (Å²) in [6.45, 7) is 3.06. The number of carbonyl (C=O) groups excluding carboxylic acids is 1. The Balaban J connectivity index is 2.25. The highest BCUT2D eigenvalue weighted by molar-refractivity contribution is 9.09. The SMILES string of the molecule is COCC(Br)CCNC(=O)c1coc(C)c1. The van der Waals surface area contributed by atoms with Crippen LogP contribution in [0.15, 0.2) is 16.7 Å². The quantitative estimate of drug-likeness (QED) is 0.816. The lowest BCUT2D eigenvalue weighted by Crippen LogP contribution is -2.26. The summed E-state index contributed by atoms with van der Waals surface area (Å²) in [7, 11) is 1.65. The normalized spacial score (nSPS) is 12.4. The van der Waals surface area contributed by atoms with E-state index in [9.17, 15) is 4.79 Å². The van der Waals surface area contributed by atoms with Gasteiger partial charge >= 0.3 is 0 Å². The average molecular weight is 290 g/mol. The van der Waals surface area contributed by atoms with Crippen LogP contribution in [0.25, 0.3) is 0 Å². The van der Waals surface area contributed by atoms with Crippen LogP contribution in [0.1, 0.15) is 22.5 Å². The van der Waals surface area contributed by atoms with E-state index in [1.807, 2.05) is 6.92 Å². The maximum Gasteiger partial charge on any atom is 0.254 e. The predicted octanol–water partition coefficient (Wildman–Crippen LogP) is 2.12. The lowest BCUT2D eigenvalue weighted by Gasteiger charge is -2.08. The Morgan fingerprint density at radius 1 is 1.69 bits per heavy atom. The third kappa shape index (κ3) is 4.37. The molecule has 1 rings (SSSR count). The van der Waals surface area contributed by atoms with Crippen molar-refractivity contribution in [1.82, 2.24) is 5.32 Å². The molecule has 0 aliphatic rings. The number of methoxy groups -OCH3 is 1. The second kappa shape index (κ2) is 6.70. The third-order valence-corrected chi connectivity index (χ3v) is 2.81. The van der Waals surface area contributed by atoms with Gasteiger partial charge in [0.25, 0.3) is 5.91 Å². The third-order valence-electron chi connectivity index (χ3n) is 2.08. The second-order valence-electron chi connectivity index (χ2n) is 3.54. The Morgan fingerprint density at radius 3 is 3.00 bits per heavy atom. The average Bonchev–Trinajstić information content (AvgIpc) is 2.65. The van der Waals surface area contributed by atoms with Crippen LogP contribution in [-0.4, -0.2) is 31.0 Å². The molecule has 1 N–H and O–H groups in total. The van der Waals surface area contributed by atoms with Gasteiger partial charge in [0.1, 0.15) is 12.0 Å². The van der Waals surface area contributed by atoms with Crippen molar-refractivity contribution in [2.75, 3.05) is 20.3 Å². The number of carbonyl (C=O) groups is 1. The van der Waals surface area contributed by atoms with Gasteiger partial charge in [-0.05, 0) is 19.4 Å². The second-order valence-corrected chi connectivity index (χ2v) is 4.84. The van der Waals surface area contributed by atoms with Crippen LogP contribution in [0.5, 0.6) is 0 Å². The van der Waals surface area contributed by atoms with Gasteiger partial charge in [0.15, 0.2) is 0 Å². The monoisotopic (exact) mass is 289 g/mol. The molecular formula is C11H16BrNO3. The molecule has 0 bridgehead atoms. The van der Waals surface area contributed by atoms with Gasteiger partial charge in [-0.1, -0.05) is 15.9 Å². The fourth-order valence-electron chi connectivity index (χ4n) is 1.27. The van der Waals surface area contributed by atoms with Crippen molar-refractivity contribution in [1.29, 1.82) is 0 Å². The van der Waals surface area contributed by atoms with E-state index in [4.69, 9.17) is 9.15 Å². The lowest BCUT2D eigenvalue weighted by atomic mass is 10.2. The van der Waals surface area contributed by atoms with E-state index < -0.39 is 0 Å². The van der Waals surface area contributed by atoms with E-state index in [1.54, 1.807) is 13.2 Å². The molecule has 0 aromatic carbocycles. The molecular weight excluding hydrogens is 274 g/mol. The van der Waals surface area contributed by atoms with Gasteiger partial charge in [0.2, 0.25) is 0 Å². The molecule has 5 heteroatoms. The molecule has 16 heavy (non-hydrogen) atoms. The zero-order valence-corrected chi connectivity index (χ0v) is 11.0. The minimum atomic E-state index is -0.103. The number of aryl methyl sites for hydroxylation is 1. The molecule has 1 aromatic heterocycles. The maximum absolute atomic E-state index is 11.6. The smallest absolute Gasteiger partial charge is 0.254 e. The molecule has 0 spiro atoms. The molecule has 1 amide bonds. The lowest BCUT2D eigenvalue weighted by molar-refractivity contribution is 0.0951. The molecule has 1 atom stereocenters. The number of nitrogens with one attached hydrogen (secondary N) is 1. The molecule has 0 aliphatic heterocycles. The van der Waals surface area contributed by atoms with Gasteiger partial charge in [-0.3, -0.25) is 4.79 Å². The topological polar surface area (TPSA) is 51.5 Å². The van der Waals surface area contributed by atoms with Gasteiger partial charge in [-0.2, -0.15) is 0 Å². The number of amides is 1. The van der Waals surface area contributed by atoms with Crippen molar-refractivity contribution < 1.29 is 13.9 Å². The maximum atomic E-state index is 11.6. The van der Waals surface area contributed by atoms with Crippen molar-refractivity contribution in [2.24, 2.45) is 0 Å². The number of hydrogen-bond donors (Lipinski definition) is 1. The molecule has 1 heterocycles. The van der Waals surface area contributed by atoms with Gasteiger partial charge in [-0.15, -0.1) is 0 Å². The molecule has 4 nitrogen and oxygen atoms in total. The van der Waals surface area contributed by atoms with Crippen LogP contribution in [0.4, 0.5) is 0 Å². The summed E-state index contributed by atoms with van der Waals surface area (Å²) in [6.07, 6.45) is 2.29. The molecule has 0 aliphatic carbocycles. The fraction of sp³-hybridized carbons (Fsp3) is 0.545. The largest absolute Gasteiger partial charge is 0.469 e. The fourth-order valence-corrected chi connectivity index (χ4v) is 1.76. The van der Waals surface area contributed by atoms with E-state index in [2.05, 4.69) is 21.2 Å². The van der Waals surface area contributed by atoms with Crippen LogP contribution in [0, 0.1) is 6.92 Å². The van der Waals surface area contributed by atoms with E-state index in [0.29, 0.717) is 18.7 Å². The molecule has 0 saturated heterocycles. The van der Waals surface area contributed by atoms with Crippen LogP contribution >= 0.6 is 15.9 Å². The zero-order chi connectivity index (χ0) is 12.0. The highest BCUT2D eigenvalue weighted by Gasteiger charge is 2.09. The number of furan rings is 1. The Bertz CT molecular complexity index is 338. The van der Waals surface area contributed by atoms with Gasteiger partial charge in [0.05, 0.1) is 12.2 Å². The molecule has 0 fully saturated rings. The number of alkyl halides is 1. The van der Waals surface area contributed by atoms with E-state index in [1.165, 1.54) is 6.26 Å². The van der Waals surface area contributed by atoms with Gasteiger partial charge in [-0.25, -0.2) is 0 Å². The standard InChI is InChI=1S/C11H16BrNO3/c1-8-5-9(6-16-8)11(14)13-4-3-10(12)7-15-2/h5-6,10H,3-4,7H2,1-2H3,(H,13,14). The van der Waals surface area contributed by atoms with Gasteiger partial charge in [0, 0.05) is 18.5 Å². The Hall–Kier alpha value is -0.810. The highest BCUT2D eigenvalue weighted by Crippen LogP contribution is 2.07. The number of halogens is 1. The van der Waals surface area contributed by atoms with Crippen LogP contribution in [-0.2, 0) is 4.74 Å². The summed E-state index contributed by atoms with van der Waals surface area (Å²) in [5.41, 5.74) is 0.565. The first-order chi connectivity index (χ1) is 7.63. The van der Waals surface area contributed by atoms with Gasteiger partial charge < -0.3 is 14.5 Å². The van der Waals surface area contributed by atoms with Crippen molar-refractivity contribution >= 4 is 21.8 Å². The van der Waals surface area contributed by atoms with E-state index >= 15 is 0 Å². The first-order valence-corrected chi connectivity index (χ1v) is 6.01. The van der Waals surface area contributed by atoms with E-state index in [-0.39, 0.29) is 10.7 Å². The summed E-state index contributed by atoms with van der Waals surface area (Å²) in [4.78, 5) is 11.8. The number of ether oxygens (including phenoxy) is 1. The van der Waals surface area contributed by atoms with Crippen molar-refractivity contribution in [3.05, 3.63) is 23.7 Å². The van der Waals surface area contributed by atoms with Crippen LogP contribution in [0.3, 0.4) is 0 Å². The minimum Gasteiger partial charge on any atom is -0.469 e. The molecule has 0 saturated carbocycles. The summed E-state index contributed by atoms with van der Waals surface area (Å²) in [5.74, 6) is 0.636. The first kappa shape index (κ1) is 13.3. The number of rotatable bonds is 6. The summed E-state index contributed by atoms with van der Waals surface area (Å²) >= 11 is 3.45. The molecule has 1 aromatic rings. The van der Waals surface area contributed by atoms with Crippen LogP contribution < -0.4 is 5.32 Å². The molecule has 0 radical (unpaired) electrons. The highest BCUT2D eigenvalue weighted by atomic mass is 79.9. The van der Waals surface area contributed by atoms with Crippen molar-refractivity contribution in [2.45, 2.75) is 18.2 Å².